The van der Waals surface area contributed by atoms with Gasteiger partial charge in [-0.25, -0.2) is 14.6 Å². The van der Waals surface area contributed by atoms with Gasteiger partial charge in [0.15, 0.2) is 6.39 Å². The van der Waals surface area contributed by atoms with Gasteiger partial charge in [0.1, 0.15) is 17.6 Å². The number of fused-ring (bicyclic) bond motifs is 1. The second kappa shape index (κ2) is 8.61. The number of hydrogen-bond donors (Lipinski definition) is 2. The Morgan fingerprint density at radius 2 is 2.03 bits per heavy atom. The number of benzene rings is 2. The maximum absolute atomic E-state index is 13.4. The molecule has 0 saturated carbocycles. The fourth-order valence-corrected chi connectivity index (χ4v) is 4.76. The number of nitrogens with one attached hydrogen (secondary N) is 1. The molecule has 0 radical (unpaired) electrons. The first-order valence-electron chi connectivity index (χ1n) is 10.7. The molecule has 0 saturated heterocycles. The molecule has 0 bridgehead atoms. The number of methoxy groups -OCH3 is 1. The first-order chi connectivity index (χ1) is 15.8. The molecule has 1 unspecified atom stereocenters. The molecule has 2 amide bonds. The lowest BCUT2D eigenvalue weighted by Gasteiger charge is -2.47. The van der Waals surface area contributed by atoms with Crippen LogP contribution in [0.4, 0.5) is 4.79 Å². The van der Waals surface area contributed by atoms with Gasteiger partial charge in [0.25, 0.3) is 0 Å². The maximum atomic E-state index is 13.4. The molecule has 0 spiro atoms. The molecule has 8 nitrogen and oxygen atoms in total. The highest BCUT2D eigenvalue weighted by molar-refractivity contribution is 5.91. The highest BCUT2D eigenvalue weighted by Crippen LogP contribution is 2.44. The standard InChI is InChI=1S/C25H27N3O5/c1-15-5-6-20(16(2)9-15)25(3)21-11-22(32-4)19(23(29)30)10-17(21)7-8-28(25)24(31)26-12-18-13-33-14-27-18/h5-6,9-11,13-14H,7-8,12H2,1-4H3,(H,26,31)(H,29,30). The lowest BCUT2D eigenvalue weighted by Crippen LogP contribution is -2.55. The molecule has 1 atom stereocenters. The van der Waals surface area contributed by atoms with Crippen molar-refractivity contribution in [3.63, 3.8) is 0 Å². The number of oxazole rings is 1. The Labute approximate surface area is 192 Å². The minimum atomic E-state index is -1.05. The Morgan fingerprint density at radius 3 is 2.67 bits per heavy atom. The van der Waals surface area contributed by atoms with Gasteiger partial charge >= 0.3 is 12.0 Å². The van der Waals surface area contributed by atoms with E-state index in [9.17, 15) is 14.7 Å². The van der Waals surface area contributed by atoms with Gasteiger partial charge in [0.2, 0.25) is 0 Å². The second-order valence-corrected chi connectivity index (χ2v) is 8.45. The number of carbonyl (C=O) groups excluding carboxylic acids is 1. The second-order valence-electron chi connectivity index (χ2n) is 8.45. The third-order valence-electron chi connectivity index (χ3n) is 6.38. The lowest BCUT2D eigenvalue weighted by molar-refractivity contribution is 0.0692. The quantitative estimate of drug-likeness (QED) is 0.609. The zero-order chi connectivity index (χ0) is 23.8. The Balaban J connectivity index is 1.85. The highest BCUT2D eigenvalue weighted by Gasteiger charge is 2.44. The molecule has 3 aromatic rings. The van der Waals surface area contributed by atoms with Gasteiger partial charge in [-0.1, -0.05) is 23.8 Å². The van der Waals surface area contributed by atoms with Crippen LogP contribution in [0, 0.1) is 13.8 Å². The van der Waals surface area contributed by atoms with Crippen LogP contribution >= 0.6 is 0 Å². The first-order valence-corrected chi connectivity index (χ1v) is 10.7. The van der Waals surface area contributed by atoms with E-state index in [0.717, 1.165) is 27.8 Å². The van der Waals surface area contributed by atoms with Gasteiger partial charge in [-0.15, -0.1) is 0 Å². The molecule has 2 N–H and O–H groups in total. The Hall–Kier alpha value is -3.81. The summed E-state index contributed by atoms with van der Waals surface area (Å²) < 4.78 is 10.4. The van der Waals surface area contributed by atoms with Crippen LogP contribution in [0.15, 0.2) is 47.4 Å². The van der Waals surface area contributed by atoms with E-state index in [1.807, 2.05) is 32.9 Å². The van der Waals surface area contributed by atoms with Gasteiger partial charge in [0, 0.05) is 6.54 Å². The first kappa shape index (κ1) is 22.4. The number of aryl methyl sites for hydroxylation is 2. The van der Waals surface area contributed by atoms with Crippen molar-refractivity contribution in [1.82, 2.24) is 15.2 Å². The van der Waals surface area contributed by atoms with Crippen molar-refractivity contribution in [3.8, 4) is 5.75 Å². The van der Waals surface area contributed by atoms with Crippen molar-refractivity contribution in [3.05, 3.63) is 82.1 Å². The number of aromatic carboxylic acids is 1. The van der Waals surface area contributed by atoms with Crippen LogP contribution in [0.2, 0.25) is 0 Å². The van der Waals surface area contributed by atoms with E-state index in [1.54, 1.807) is 17.0 Å². The Kier molecular flexibility index (Phi) is 5.84. The number of amides is 2. The largest absolute Gasteiger partial charge is 0.496 e. The molecule has 8 heteroatoms. The van der Waals surface area contributed by atoms with E-state index in [2.05, 4.69) is 16.4 Å². The minimum Gasteiger partial charge on any atom is -0.496 e. The highest BCUT2D eigenvalue weighted by atomic mass is 16.5. The van der Waals surface area contributed by atoms with Crippen molar-refractivity contribution in [2.75, 3.05) is 13.7 Å². The molecule has 1 aliphatic rings. The lowest BCUT2D eigenvalue weighted by atomic mass is 9.75. The number of ether oxygens (including phenoxy) is 1. The van der Waals surface area contributed by atoms with Crippen LogP contribution in [0.25, 0.3) is 0 Å². The summed E-state index contributed by atoms with van der Waals surface area (Å²) in [4.78, 5) is 31.1. The number of carboxylic acids is 1. The molecule has 172 valence electrons. The number of aromatic nitrogens is 1. The number of urea groups is 1. The fraction of sp³-hybridized carbons (Fsp3) is 0.320. The molecule has 2 aromatic carbocycles. The van der Waals surface area contributed by atoms with E-state index in [4.69, 9.17) is 9.15 Å². The van der Waals surface area contributed by atoms with Crippen LogP contribution in [0.1, 0.15) is 50.8 Å². The smallest absolute Gasteiger partial charge is 0.339 e. The van der Waals surface area contributed by atoms with E-state index in [-0.39, 0.29) is 23.9 Å². The summed E-state index contributed by atoms with van der Waals surface area (Å²) in [6.45, 7) is 6.71. The molecule has 0 aliphatic carbocycles. The van der Waals surface area contributed by atoms with Crippen molar-refractivity contribution in [1.29, 1.82) is 0 Å². The van der Waals surface area contributed by atoms with E-state index in [0.29, 0.717) is 18.7 Å². The minimum absolute atomic E-state index is 0.114. The Bertz CT molecular complexity index is 1210. The Morgan fingerprint density at radius 1 is 1.24 bits per heavy atom. The number of nitrogens with zero attached hydrogens (tertiary/aromatic N) is 2. The summed E-state index contributed by atoms with van der Waals surface area (Å²) >= 11 is 0. The average Bonchev–Trinajstić information content (AvgIpc) is 3.30. The summed E-state index contributed by atoms with van der Waals surface area (Å²) in [5, 5.41) is 12.6. The molecule has 2 heterocycles. The average molecular weight is 450 g/mol. The van der Waals surface area contributed by atoms with Gasteiger partial charge in [-0.3, -0.25) is 0 Å². The fourth-order valence-electron chi connectivity index (χ4n) is 4.76. The number of carbonyl (C=O) groups is 2. The predicted octanol–water partition coefficient (Wildman–Crippen LogP) is 4.03. The number of carboxylic acid groups (broad SMARTS) is 1. The summed E-state index contributed by atoms with van der Waals surface area (Å²) in [6, 6.07) is 9.33. The molecule has 1 aromatic heterocycles. The number of rotatable bonds is 5. The summed E-state index contributed by atoms with van der Waals surface area (Å²) in [6.07, 6.45) is 3.34. The topological polar surface area (TPSA) is 105 Å². The van der Waals surface area contributed by atoms with Crippen molar-refractivity contribution >= 4 is 12.0 Å². The monoisotopic (exact) mass is 449 g/mol. The van der Waals surface area contributed by atoms with Crippen LogP contribution in [0.5, 0.6) is 5.75 Å². The zero-order valence-corrected chi connectivity index (χ0v) is 19.1. The molecular weight excluding hydrogens is 422 g/mol. The van der Waals surface area contributed by atoms with Gasteiger partial charge in [-0.05, 0) is 61.6 Å². The summed E-state index contributed by atoms with van der Waals surface area (Å²) in [5.74, 6) is -0.780. The van der Waals surface area contributed by atoms with E-state index < -0.39 is 11.5 Å². The SMILES string of the molecule is COc1cc2c(cc1C(=O)O)CCN(C(=O)NCc1cocn1)C2(C)c1ccc(C)cc1C. The van der Waals surface area contributed by atoms with E-state index >= 15 is 0 Å². The van der Waals surface area contributed by atoms with Crippen molar-refractivity contribution < 1.29 is 23.8 Å². The predicted molar refractivity (Wildman–Crippen MR) is 121 cm³/mol. The molecule has 0 fully saturated rings. The van der Waals surface area contributed by atoms with Gasteiger partial charge in [-0.2, -0.15) is 0 Å². The number of hydrogen-bond acceptors (Lipinski definition) is 5. The van der Waals surface area contributed by atoms with Gasteiger partial charge < -0.3 is 24.5 Å². The molecule has 4 rings (SSSR count). The summed E-state index contributed by atoms with van der Waals surface area (Å²) in [7, 11) is 1.45. The maximum Gasteiger partial charge on any atom is 0.339 e. The van der Waals surface area contributed by atoms with Crippen molar-refractivity contribution in [2.24, 2.45) is 0 Å². The van der Waals surface area contributed by atoms with Crippen LogP contribution < -0.4 is 10.1 Å². The third-order valence-corrected chi connectivity index (χ3v) is 6.38. The van der Waals surface area contributed by atoms with Crippen LogP contribution in [-0.4, -0.2) is 40.6 Å². The normalized spacial score (nSPS) is 17.4. The zero-order valence-electron chi connectivity index (χ0n) is 19.1. The van der Waals surface area contributed by atoms with E-state index in [1.165, 1.54) is 19.8 Å². The summed E-state index contributed by atoms with van der Waals surface area (Å²) in [5.41, 5.74) is 4.76. The van der Waals surface area contributed by atoms with Crippen LogP contribution in [-0.2, 0) is 18.5 Å². The van der Waals surface area contributed by atoms with Gasteiger partial charge in [0.05, 0.1) is 24.9 Å². The third kappa shape index (κ3) is 3.92. The van der Waals surface area contributed by atoms with Crippen LogP contribution in [0.3, 0.4) is 0 Å². The molecule has 1 aliphatic heterocycles. The molecule has 33 heavy (non-hydrogen) atoms. The molecular formula is C25H27N3O5. The van der Waals surface area contributed by atoms with Crippen molar-refractivity contribution in [2.45, 2.75) is 39.3 Å².